The molecule has 10 atom stereocenters. The van der Waals surface area contributed by atoms with Crippen LogP contribution < -0.4 is 5.32 Å². The van der Waals surface area contributed by atoms with Gasteiger partial charge in [0.2, 0.25) is 0 Å². The van der Waals surface area contributed by atoms with E-state index in [1.54, 1.807) is 0 Å². The molecule has 0 aromatic carbocycles. The summed E-state index contributed by atoms with van der Waals surface area (Å²) in [4.78, 5) is 0. The zero-order valence-electron chi connectivity index (χ0n) is 12.6. The van der Waals surface area contributed by atoms with E-state index < -0.39 is 74.1 Å². The van der Waals surface area contributed by atoms with E-state index in [9.17, 15) is 35.7 Å². The highest BCUT2D eigenvalue weighted by molar-refractivity contribution is 5.05. The van der Waals surface area contributed by atoms with Gasteiger partial charge in [-0.05, 0) is 0 Å². The van der Waals surface area contributed by atoms with Crippen molar-refractivity contribution >= 4 is 0 Å². The highest BCUT2D eigenvalue weighted by Crippen LogP contribution is 2.33. The molecule has 0 aromatic heterocycles. The fourth-order valence-electron chi connectivity index (χ4n) is 3.35. The summed E-state index contributed by atoms with van der Waals surface area (Å²) in [6.07, 6.45) is -9.48. The van der Waals surface area contributed by atoms with Gasteiger partial charge in [-0.3, -0.25) is 0 Å². The molecule has 23 heavy (non-hydrogen) atoms. The quantitative estimate of drug-likeness (QED) is 0.248. The number of hydrogen-bond donors (Lipinski definition) is 8. The molecule has 0 radical (unpaired) electrons. The van der Waals surface area contributed by atoms with Gasteiger partial charge in [0.25, 0.3) is 0 Å². The fraction of sp³-hybridized carbons (Fsp3) is 1.00. The average molecular weight is 339 g/mol. The summed E-state index contributed by atoms with van der Waals surface area (Å²) in [5, 5.41) is 71.8. The molecule has 0 amide bonds. The number of aliphatic hydroxyl groups is 7. The lowest BCUT2D eigenvalue weighted by Gasteiger charge is -2.50. The zero-order chi connectivity index (χ0) is 17.3. The van der Waals surface area contributed by atoms with Crippen molar-refractivity contribution in [2.45, 2.75) is 55.0 Å². The smallest absolute Gasteiger partial charge is 0.186 e. The summed E-state index contributed by atoms with van der Waals surface area (Å²) < 4.78 is 10.3. The Bertz CT molecular complexity index is 382. The van der Waals surface area contributed by atoms with Gasteiger partial charge in [-0.25, -0.2) is 0 Å². The topological polar surface area (TPSA) is 172 Å². The minimum atomic E-state index is -1.57. The molecule has 2 aliphatic heterocycles. The monoisotopic (exact) mass is 339 g/mol. The Morgan fingerprint density at radius 2 is 1.52 bits per heavy atom. The molecule has 136 valence electrons. The lowest BCUT2D eigenvalue weighted by atomic mass is 9.76. The van der Waals surface area contributed by atoms with Gasteiger partial charge in [-0.15, -0.1) is 0 Å². The maximum absolute atomic E-state index is 10.3. The minimum Gasteiger partial charge on any atom is -0.395 e. The molecule has 0 aliphatic carbocycles. The molecule has 0 aromatic rings. The van der Waals surface area contributed by atoms with Crippen molar-refractivity contribution in [2.24, 2.45) is 5.92 Å². The first-order valence-electron chi connectivity index (χ1n) is 7.43. The van der Waals surface area contributed by atoms with E-state index >= 15 is 0 Å². The van der Waals surface area contributed by atoms with Crippen LogP contribution in [0.1, 0.15) is 0 Å². The summed E-state index contributed by atoms with van der Waals surface area (Å²) >= 11 is 0. The van der Waals surface area contributed by atoms with E-state index in [4.69, 9.17) is 9.47 Å². The standard InChI is InChI=1S/C13H25NO9/c1-22-13-12(21)9(18)6(5(3-16)23-13)7-10(19)11(20)8(17)4(2-15)14-7/h4-21H,2-3H2,1H3/t4-,5-,6+,7+,8+,9+,10+,11+,12-,13+/m1/s1. The predicted molar refractivity (Wildman–Crippen MR) is 74.1 cm³/mol. The van der Waals surface area contributed by atoms with E-state index in [1.165, 1.54) is 7.11 Å². The van der Waals surface area contributed by atoms with Crippen LogP contribution in [0.4, 0.5) is 0 Å². The van der Waals surface area contributed by atoms with Crippen LogP contribution in [-0.4, -0.2) is 111 Å². The number of hydrogen-bond acceptors (Lipinski definition) is 10. The third-order valence-electron chi connectivity index (χ3n) is 4.67. The van der Waals surface area contributed by atoms with Crippen LogP contribution in [0.15, 0.2) is 0 Å². The second-order valence-electron chi connectivity index (χ2n) is 5.97. The zero-order valence-corrected chi connectivity index (χ0v) is 12.6. The number of methoxy groups -OCH3 is 1. The van der Waals surface area contributed by atoms with Gasteiger partial charge in [-0.1, -0.05) is 0 Å². The normalized spacial score (nSPS) is 51.7. The van der Waals surface area contributed by atoms with Crippen molar-refractivity contribution in [3.05, 3.63) is 0 Å². The average Bonchev–Trinajstić information content (AvgIpc) is 2.56. The molecule has 2 aliphatic rings. The van der Waals surface area contributed by atoms with Gasteiger partial charge < -0.3 is 50.5 Å². The Kier molecular flexibility index (Phi) is 6.30. The Morgan fingerprint density at radius 3 is 2.04 bits per heavy atom. The fourth-order valence-corrected chi connectivity index (χ4v) is 3.35. The molecule has 2 heterocycles. The van der Waals surface area contributed by atoms with Crippen molar-refractivity contribution in [3.63, 3.8) is 0 Å². The van der Waals surface area contributed by atoms with Crippen LogP contribution in [-0.2, 0) is 9.47 Å². The molecule has 0 spiro atoms. The lowest BCUT2D eigenvalue weighted by molar-refractivity contribution is -0.293. The Morgan fingerprint density at radius 1 is 0.870 bits per heavy atom. The van der Waals surface area contributed by atoms with Gasteiger partial charge >= 0.3 is 0 Å². The van der Waals surface area contributed by atoms with E-state index in [0.717, 1.165) is 0 Å². The third kappa shape index (κ3) is 3.37. The number of nitrogens with one attached hydrogen (secondary N) is 1. The molecule has 0 saturated carbocycles. The van der Waals surface area contributed by atoms with Crippen LogP contribution in [0.25, 0.3) is 0 Å². The van der Waals surface area contributed by atoms with Crippen molar-refractivity contribution in [2.75, 3.05) is 20.3 Å². The SMILES string of the molecule is CO[C@H]1O[C@H](CO)[C@@H]([C@@H]2N[C@H](CO)[C@H](O)[C@H](O)[C@H]2O)[C@H](O)[C@H]1O. The second kappa shape index (κ2) is 7.66. The number of rotatable bonds is 4. The van der Waals surface area contributed by atoms with Gasteiger partial charge in [0.1, 0.15) is 12.2 Å². The summed E-state index contributed by atoms with van der Waals surface area (Å²) in [6.45, 7) is -1.04. The molecule has 8 N–H and O–H groups in total. The lowest BCUT2D eigenvalue weighted by Crippen LogP contribution is -2.72. The largest absolute Gasteiger partial charge is 0.395 e. The molecule has 2 saturated heterocycles. The van der Waals surface area contributed by atoms with Crippen molar-refractivity contribution < 1.29 is 45.2 Å². The van der Waals surface area contributed by atoms with Crippen LogP contribution >= 0.6 is 0 Å². The van der Waals surface area contributed by atoms with Crippen LogP contribution in [0.3, 0.4) is 0 Å². The van der Waals surface area contributed by atoms with Crippen molar-refractivity contribution in [1.29, 1.82) is 0 Å². The molecule has 0 bridgehead atoms. The van der Waals surface area contributed by atoms with E-state index in [1.807, 2.05) is 0 Å². The molecular weight excluding hydrogens is 314 g/mol. The molecule has 0 unspecified atom stereocenters. The predicted octanol–water partition coefficient (Wildman–Crippen LogP) is -4.90. The molecule has 10 heteroatoms. The van der Waals surface area contributed by atoms with Crippen molar-refractivity contribution in [3.8, 4) is 0 Å². The van der Waals surface area contributed by atoms with Gasteiger partial charge in [0.15, 0.2) is 6.29 Å². The van der Waals surface area contributed by atoms with Gasteiger partial charge in [0, 0.05) is 19.1 Å². The molecule has 2 fully saturated rings. The van der Waals surface area contributed by atoms with E-state index in [0.29, 0.717) is 0 Å². The first-order valence-corrected chi connectivity index (χ1v) is 7.43. The first kappa shape index (κ1) is 18.9. The molecule has 10 nitrogen and oxygen atoms in total. The molecular formula is C13H25NO9. The summed E-state index contributed by atoms with van der Waals surface area (Å²) in [5.74, 6) is -1.01. The van der Waals surface area contributed by atoms with Crippen molar-refractivity contribution in [1.82, 2.24) is 5.32 Å². The Hall–Kier alpha value is -0.400. The van der Waals surface area contributed by atoms with Gasteiger partial charge in [0.05, 0.1) is 43.7 Å². The number of ether oxygens (including phenoxy) is 2. The maximum Gasteiger partial charge on any atom is 0.186 e. The third-order valence-corrected chi connectivity index (χ3v) is 4.67. The minimum absolute atomic E-state index is 0.516. The number of piperidine rings is 1. The van der Waals surface area contributed by atoms with Crippen LogP contribution in [0, 0.1) is 5.92 Å². The summed E-state index contributed by atoms with van der Waals surface area (Å²) in [7, 11) is 1.27. The molecule has 2 rings (SSSR count). The van der Waals surface area contributed by atoms with E-state index in [-0.39, 0.29) is 0 Å². The Labute approximate surface area is 132 Å². The maximum atomic E-state index is 10.3. The highest BCUT2D eigenvalue weighted by Gasteiger charge is 2.53. The van der Waals surface area contributed by atoms with E-state index in [2.05, 4.69) is 5.32 Å². The van der Waals surface area contributed by atoms with Gasteiger partial charge in [-0.2, -0.15) is 0 Å². The highest BCUT2D eigenvalue weighted by atomic mass is 16.7. The van der Waals surface area contributed by atoms with Crippen LogP contribution in [0.2, 0.25) is 0 Å². The first-order chi connectivity index (χ1) is 10.9. The summed E-state index contributed by atoms with van der Waals surface area (Å²) in [6, 6.07) is -1.98. The number of aliphatic hydroxyl groups excluding tert-OH is 7. The summed E-state index contributed by atoms with van der Waals surface area (Å²) in [5.41, 5.74) is 0. The Balaban J connectivity index is 2.26. The second-order valence-corrected chi connectivity index (χ2v) is 5.97. The van der Waals surface area contributed by atoms with Crippen LogP contribution in [0.5, 0.6) is 0 Å².